The Balaban J connectivity index is 1.22. The smallest absolute Gasteiger partial charge is 0.227 e. The summed E-state index contributed by atoms with van der Waals surface area (Å²) >= 11 is 0. The zero-order valence-corrected chi connectivity index (χ0v) is 26.7. The summed E-state index contributed by atoms with van der Waals surface area (Å²) < 4.78 is 19.7. The molecule has 236 valence electrons. The first-order valence-corrected chi connectivity index (χ1v) is 16.5. The molecule has 0 fully saturated rings. The van der Waals surface area contributed by atoms with E-state index in [9.17, 15) is 0 Å². The quantitative estimate of drug-likeness (QED) is 0.186. The van der Waals surface area contributed by atoms with Crippen LogP contribution in [0.1, 0.15) is 0 Å². The molecule has 50 heavy (non-hydrogen) atoms. The molecule has 0 aliphatic carbocycles. The molecule has 0 saturated heterocycles. The Hall–Kier alpha value is -6.92. The van der Waals surface area contributed by atoms with Crippen LogP contribution in [0.2, 0.25) is 0 Å². The van der Waals surface area contributed by atoms with E-state index in [2.05, 4.69) is 53.4 Å². The molecule has 0 atom stereocenters. The summed E-state index contributed by atoms with van der Waals surface area (Å²) in [5.74, 6) is 2.68. The van der Waals surface area contributed by atoms with Crippen molar-refractivity contribution < 1.29 is 13.6 Å². The number of nitrogens with zero attached hydrogens (tertiary/aromatic N) is 3. The molecule has 0 N–H and O–H groups in total. The number of oxazole rings is 2. The van der Waals surface area contributed by atoms with Gasteiger partial charge in [0, 0.05) is 16.8 Å². The van der Waals surface area contributed by atoms with E-state index in [0.29, 0.717) is 34.0 Å². The topological polar surface area (TPSA) is 64.5 Å². The van der Waals surface area contributed by atoms with Gasteiger partial charge in [-0.2, -0.15) is 0 Å². The molecule has 7 aromatic carbocycles. The number of fused-ring (bicyclic) bond motifs is 4. The molecule has 0 spiro atoms. The molecule has 0 unspecified atom stereocenters. The van der Waals surface area contributed by atoms with Gasteiger partial charge in [-0.15, -0.1) is 0 Å². The standard InChI is InChI=1S/C44H27N3O3/c1-4-14-28(15-5-1)37-39-42(50-43(45-39)30-16-6-2-7-17-30)38(40-41(37)49-44(46-40)31-18-8-3-9-19-31)29-24-26-32(27-25-29)47-33-20-10-12-22-35(33)48-36-23-13-11-21-34(36)47/h1-27H. The molecule has 0 saturated carbocycles. The van der Waals surface area contributed by atoms with Gasteiger partial charge in [-0.05, 0) is 71.8 Å². The Morgan fingerprint density at radius 1 is 0.380 bits per heavy atom. The van der Waals surface area contributed by atoms with Crippen molar-refractivity contribution >= 4 is 39.3 Å². The van der Waals surface area contributed by atoms with Crippen LogP contribution in [0.4, 0.5) is 17.1 Å². The van der Waals surface area contributed by atoms with Crippen molar-refractivity contribution in [2.24, 2.45) is 0 Å². The Bertz CT molecular complexity index is 2520. The Labute approximate surface area is 287 Å². The van der Waals surface area contributed by atoms with E-state index >= 15 is 0 Å². The second-order valence-corrected chi connectivity index (χ2v) is 12.2. The van der Waals surface area contributed by atoms with Gasteiger partial charge < -0.3 is 18.5 Å². The Kier molecular flexibility index (Phi) is 6.39. The van der Waals surface area contributed by atoms with Gasteiger partial charge in [0.15, 0.2) is 22.7 Å². The molecule has 6 nitrogen and oxygen atoms in total. The fourth-order valence-corrected chi connectivity index (χ4v) is 6.84. The van der Waals surface area contributed by atoms with Gasteiger partial charge in [0.05, 0.1) is 22.5 Å². The van der Waals surface area contributed by atoms with Gasteiger partial charge in [-0.3, -0.25) is 0 Å². The van der Waals surface area contributed by atoms with Gasteiger partial charge in [-0.1, -0.05) is 103 Å². The number of anilines is 3. The van der Waals surface area contributed by atoms with Crippen molar-refractivity contribution in [2.45, 2.75) is 0 Å². The third kappa shape index (κ3) is 4.50. The Morgan fingerprint density at radius 2 is 0.780 bits per heavy atom. The van der Waals surface area contributed by atoms with Crippen LogP contribution in [0, 0.1) is 0 Å². The van der Waals surface area contributed by atoms with Crippen LogP contribution >= 0.6 is 0 Å². The van der Waals surface area contributed by atoms with Gasteiger partial charge in [0.25, 0.3) is 0 Å². The van der Waals surface area contributed by atoms with E-state index in [1.807, 2.05) is 115 Å². The first-order valence-electron chi connectivity index (χ1n) is 16.5. The maximum atomic E-state index is 6.74. The number of hydrogen-bond donors (Lipinski definition) is 0. The summed E-state index contributed by atoms with van der Waals surface area (Å²) in [6.45, 7) is 0. The molecule has 1 aliphatic heterocycles. The minimum Gasteiger partial charge on any atom is -0.453 e. The molecule has 0 radical (unpaired) electrons. The Morgan fingerprint density at radius 3 is 1.26 bits per heavy atom. The lowest BCUT2D eigenvalue weighted by Gasteiger charge is -2.32. The zero-order chi connectivity index (χ0) is 33.0. The van der Waals surface area contributed by atoms with E-state index in [1.165, 1.54) is 0 Å². The van der Waals surface area contributed by atoms with Crippen LogP contribution in [0.25, 0.3) is 67.4 Å². The predicted molar refractivity (Wildman–Crippen MR) is 198 cm³/mol. The predicted octanol–water partition coefficient (Wildman–Crippen LogP) is 12.2. The molecule has 1 aliphatic rings. The van der Waals surface area contributed by atoms with Crippen molar-refractivity contribution in [2.75, 3.05) is 4.90 Å². The average Bonchev–Trinajstić information content (AvgIpc) is 3.83. The number of para-hydroxylation sites is 4. The lowest BCUT2D eigenvalue weighted by Crippen LogP contribution is -2.15. The maximum absolute atomic E-state index is 6.74. The summed E-state index contributed by atoms with van der Waals surface area (Å²) in [6.07, 6.45) is 0. The molecule has 2 aromatic heterocycles. The number of rotatable bonds is 5. The van der Waals surface area contributed by atoms with Crippen LogP contribution in [-0.2, 0) is 0 Å². The largest absolute Gasteiger partial charge is 0.453 e. The number of aromatic nitrogens is 2. The normalized spacial score (nSPS) is 12.1. The lowest BCUT2D eigenvalue weighted by atomic mass is 9.96. The summed E-state index contributed by atoms with van der Waals surface area (Å²) in [7, 11) is 0. The van der Waals surface area contributed by atoms with E-state index in [0.717, 1.165) is 61.9 Å². The number of ether oxygens (including phenoxy) is 1. The highest BCUT2D eigenvalue weighted by Crippen LogP contribution is 2.51. The summed E-state index contributed by atoms with van der Waals surface area (Å²) in [4.78, 5) is 12.5. The number of benzene rings is 7. The van der Waals surface area contributed by atoms with E-state index < -0.39 is 0 Å². The highest BCUT2D eigenvalue weighted by Gasteiger charge is 2.28. The molecule has 0 bridgehead atoms. The van der Waals surface area contributed by atoms with Crippen LogP contribution in [0.15, 0.2) is 173 Å². The molecule has 10 rings (SSSR count). The lowest BCUT2D eigenvalue weighted by molar-refractivity contribution is 0.477. The van der Waals surface area contributed by atoms with Crippen molar-refractivity contribution in [1.82, 2.24) is 9.97 Å². The maximum Gasteiger partial charge on any atom is 0.227 e. The molecular formula is C44H27N3O3. The average molecular weight is 646 g/mol. The minimum absolute atomic E-state index is 0.535. The zero-order valence-electron chi connectivity index (χ0n) is 26.7. The van der Waals surface area contributed by atoms with Gasteiger partial charge in [-0.25, -0.2) is 9.97 Å². The van der Waals surface area contributed by atoms with E-state index in [4.69, 9.17) is 23.5 Å². The second kappa shape index (κ2) is 11.4. The fourth-order valence-electron chi connectivity index (χ4n) is 6.84. The highest BCUT2D eigenvalue weighted by atomic mass is 16.5. The minimum atomic E-state index is 0.535. The van der Waals surface area contributed by atoms with Gasteiger partial charge in [0.1, 0.15) is 11.0 Å². The first-order chi connectivity index (χ1) is 24.8. The molecular weight excluding hydrogens is 619 g/mol. The van der Waals surface area contributed by atoms with Gasteiger partial charge in [0.2, 0.25) is 11.8 Å². The van der Waals surface area contributed by atoms with Crippen LogP contribution in [0.5, 0.6) is 11.5 Å². The van der Waals surface area contributed by atoms with E-state index in [1.54, 1.807) is 0 Å². The highest BCUT2D eigenvalue weighted by molar-refractivity contribution is 6.16. The summed E-state index contributed by atoms with van der Waals surface area (Å²) in [5.41, 5.74) is 11.0. The van der Waals surface area contributed by atoms with Crippen LogP contribution in [-0.4, -0.2) is 9.97 Å². The van der Waals surface area contributed by atoms with Crippen molar-refractivity contribution in [3.63, 3.8) is 0 Å². The third-order valence-electron chi connectivity index (χ3n) is 9.13. The molecule has 9 aromatic rings. The van der Waals surface area contributed by atoms with Gasteiger partial charge >= 0.3 is 0 Å². The summed E-state index contributed by atoms with van der Waals surface area (Å²) in [6, 6.07) is 54.9. The van der Waals surface area contributed by atoms with Crippen molar-refractivity contribution in [3.8, 4) is 56.7 Å². The van der Waals surface area contributed by atoms with Crippen LogP contribution in [0.3, 0.4) is 0 Å². The molecule has 0 amide bonds. The molecule has 6 heteroatoms. The fraction of sp³-hybridized carbons (Fsp3) is 0. The second-order valence-electron chi connectivity index (χ2n) is 12.2. The monoisotopic (exact) mass is 645 g/mol. The number of hydrogen-bond acceptors (Lipinski definition) is 6. The third-order valence-corrected chi connectivity index (χ3v) is 9.13. The van der Waals surface area contributed by atoms with Crippen molar-refractivity contribution in [1.29, 1.82) is 0 Å². The first kappa shape index (κ1) is 28.1. The van der Waals surface area contributed by atoms with Crippen molar-refractivity contribution in [3.05, 3.63) is 164 Å². The SMILES string of the molecule is c1ccc(-c2nc3c(-c4ccc(N5c6ccccc6Oc6ccccc65)cc4)c4oc(-c5ccccc5)nc4c(-c4ccccc4)c3o2)cc1. The van der Waals surface area contributed by atoms with Crippen LogP contribution < -0.4 is 9.64 Å². The van der Waals surface area contributed by atoms with E-state index in [-0.39, 0.29) is 0 Å². The molecule has 3 heterocycles. The summed E-state index contributed by atoms with van der Waals surface area (Å²) in [5, 5.41) is 0.